The fourth-order valence-electron chi connectivity index (χ4n) is 2.12. The van der Waals surface area contributed by atoms with Gasteiger partial charge in [0.1, 0.15) is 5.75 Å². The molecule has 0 saturated carbocycles. The lowest BCUT2D eigenvalue weighted by atomic mass is 10.0. The molecule has 3 N–H and O–H groups in total. The molecule has 0 fully saturated rings. The van der Waals surface area contributed by atoms with Crippen molar-refractivity contribution in [3.63, 3.8) is 0 Å². The summed E-state index contributed by atoms with van der Waals surface area (Å²) in [6, 6.07) is 4.11. The fourth-order valence-corrected chi connectivity index (χ4v) is 2.12. The number of amides is 1. The zero-order valence-corrected chi connectivity index (χ0v) is 13.3. The molecule has 2 rings (SSSR count). The van der Waals surface area contributed by atoms with Gasteiger partial charge in [0.05, 0.1) is 0 Å². The standard InChI is InChI=1S/C15H22N2O2.ClH/c1-9-5-11-7-13(19-12(11)6-10(9)2)14(18)17-15(3,4)8-16;/h5-6,13H,7-8,16H2,1-4H3,(H,17,18);1H. The highest BCUT2D eigenvalue weighted by Gasteiger charge is 2.32. The maximum absolute atomic E-state index is 12.2. The first-order valence-corrected chi connectivity index (χ1v) is 6.61. The van der Waals surface area contributed by atoms with Crippen molar-refractivity contribution < 1.29 is 9.53 Å². The zero-order chi connectivity index (χ0) is 14.2. The third-order valence-electron chi connectivity index (χ3n) is 3.62. The predicted molar refractivity (Wildman–Crippen MR) is 82.6 cm³/mol. The summed E-state index contributed by atoms with van der Waals surface area (Å²) < 4.78 is 5.74. The topological polar surface area (TPSA) is 64.3 Å². The number of nitrogens with two attached hydrogens (primary N) is 1. The number of hydrogen-bond donors (Lipinski definition) is 2. The molecule has 1 aromatic carbocycles. The molecule has 1 unspecified atom stereocenters. The number of rotatable bonds is 3. The van der Waals surface area contributed by atoms with Crippen LogP contribution in [0.25, 0.3) is 0 Å². The Hall–Kier alpha value is -1.26. The highest BCUT2D eigenvalue weighted by Crippen LogP contribution is 2.31. The van der Waals surface area contributed by atoms with Gasteiger partial charge in [0.15, 0.2) is 6.10 Å². The number of halogens is 1. The van der Waals surface area contributed by atoms with Gasteiger partial charge >= 0.3 is 0 Å². The Kier molecular flexibility index (Phi) is 5.05. The summed E-state index contributed by atoms with van der Waals surface area (Å²) in [6.07, 6.45) is 0.185. The average Bonchev–Trinajstić information content (AvgIpc) is 2.72. The minimum atomic E-state index is -0.443. The number of ether oxygens (including phenoxy) is 1. The lowest BCUT2D eigenvalue weighted by Gasteiger charge is -2.25. The summed E-state index contributed by atoms with van der Waals surface area (Å²) in [6.45, 7) is 8.32. The Morgan fingerprint density at radius 2 is 2.00 bits per heavy atom. The monoisotopic (exact) mass is 298 g/mol. The highest BCUT2D eigenvalue weighted by molar-refractivity contribution is 5.85. The van der Waals surface area contributed by atoms with E-state index in [0.717, 1.165) is 11.3 Å². The van der Waals surface area contributed by atoms with Crippen LogP contribution in [0.2, 0.25) is 0 Å². The van der Waals surface area contributed by atoms with Crippen LogP contribution in [0.4, 0.5) is 0 Å². The minimum Gasteiger partial charge on any atom is -0.480 e. The van der Waals surface area contributed by atoms with Crippen molar-refractivity contribution in [2.24, 2.45) is 5.73 Å². The van der Waals surface area contributed by atoms with E-state index < -0.39 is 11.6 Å². The molecule has 5 heteroatoms. The van der Waals surface area contributed by atoms with Crippen LogP contribution in [0.5, 0.6) is 5.75 Å². The van der Waals surface area contributed by atoms with Gasteiger partial charge in [0.25, 0.3) is 5.91 Å². The predicted octanol–water partition coefficient (Wildman–Crippen LogP) is 1.88. The Morgan fingerprint density at radius 1 is 1.40 bits per heavy atom. The average molecular weight is 299 g/mol. The number of benzene rings is 1. The van der Waals surface area contributed by atoms with Crippen molar-refractivity contribution in [1.82, 2.24) is 5.32 Å². The molecule has 0 bridgehead atoms. The van der Waals surface area contributed by atoms with E-state index in [1.807, 2.05) is 26.8 Å². The van der Waals surface area contributed by atoms with Crippen molar-refractivity contribution in [1.29, 1.82) is 0 Å². The molecule has 0 radical (unpaired) electrons. The van der Waals surface area contributed by atoms with Crippen LogP contribution >= 0.6 is 12.4 Å². The molecular formula is C15H23ClN2O2. The van der Waals surface area contributed by atoms with Crippen molar-refractivity contribution >= 4 is 18.3 Å². The van der Waals surface area contributed by atoms with Crippen molar-refractivity contribution in [3.05, 3.63) is 28.8 Å². The molecule has 0 aliphatic carbocycles. The van der Waals surface area contributed by atoms with E-state index in [1.165, 1.54) is 11.1 Å². The highest BCUT2D eigenvalue weighted by atomic mass is 35.5. The molecule has 0 spiro atoms. The first-order valence-electron chi connectivity index (χ1n) is 6.61. The molecule has 1 aromatic rings. The normalized spacial score (nSPS) is 16.9. The summed E-state index contributed by atoms with van der Waals surface area (Å²) >= 11 is 0. The second kappa shape index (κ2) is 6.02. The fraction of sp³-hybridized carbons (Fsp3) is 0.533. The number of nitrogens with one attached hydrogen (secondary N) is 1. The van der Waals surface area contributed by atoms with Crippen LogP contribution in [-0.4, -0.2) is 24.1 Å². The molecule has 20 heavy (non-hydrogen) atoms. The lowest BCUT2D eigenvalue weighted by Crippen LogP contribution is -2.52. The number of hydrogen-bond acceptors (Lipinski definition) is 3. The third-order valence-corrected chi connectivity index (χ3v) is 3.62. The first kappa shape index (κ1) is 16.8. The number of carbonyl (C=O) groups is 1. The molecule has 1 atom stereocenters. The van der Waals surface area contributed by atoms with E-state index >= 15 is 0 Å². The van der Waals surface area contributed by atoms with Crippen LogP contribution in [0, 0.1) is 13.8 Å². The van der Waals surface area contributed by atoms with Gasteiger partial charge in [-0.15, -0.1) is 12.4 Å². The number of carbonyl (C=O) groups excluding carboxylic acids is 1. The van der Waals surface area contributed by atoms with Crippen molar-refractivity contribution in [3.8, 4) is 5.75 Å². The summed E-state index contributed by atoms with van der Waals surface area (Å²) in [5, 5.41) is 2.92. The van der Waals surface area contributed by atoms with Gasteiger partial charge in [0, 0.05) is 18.5 Å². The summed E-state index contributed by atoms with van der Waals surface area (Å²) in [5.74, 6) is 0.732. The molecular weight excluding hydrogens is 276 g/mol. The molecule has 0 saturated heterocycles. The van der Waals surface area contributed by atoms with Gasteiger partial charge in [-0.2, -0.15) is 0 Å². The smallest absolute Gasteiger partial charge is 0.261 e. The Morgan fingerprint density at radius 3 is 2.60 bits per heavy atom. The first-order chi connectivity index (χ1) is 8.82. The van der Waals surface area contributed by atoms with E-state index in [4.69, 9.17) is 10.5 Å². The second-order valence-corrected chi connectivity index (χ2v) is 5.93. The van der Waals surface area contributed by atoms with Gasteiger partial charge < -0.3 is 15.8 Å². The SMILES string of the molecule is Cc1cc2c(cc1C)OC(C(=O)NC(C)(C)CN)C2.Cl. The minimum absolute atomic E-state index is 0. The number of aryl methyl sites for hydroxylation is 2. The second-order valence-electron chi connectivity index (χ2n) is 5.93. The Labute approximate surface area is 126 Å². The van der Waals surface area contributed by atoms with Crippen LogP contribution in [0.3, 0.4) is 0 Å². The van der Waals surface area contributed by atoms with Crippen LogP contribution in [-0.2, 0) is 11.2 Å². The maximum Gasteiger partial charge on any atom is 0.261 e. The van der Waals surface area contributed by atoms with E-state index in [-0.39, 0.29) is 18.3 Å². The largest absolute Gasteiger partial charge is 0.480 e. The molecule has 0 aromatic heterocycles. The van der Waals surface area contributed by atoms with Crippen LogP contribution in [0.15, 0.2) is 12.1 Å². The molecule has 1 aliphatic rings. The van der Waals surface area contributed by atoms with Crippen molar-refractivity contribution in [2.75, 3.05) is 6.54 Å². The quantitative estimate of drug-likeness (QED) is 0.895. The van der Waals surface area contributed by atoms with Gasteiger partial charge in [-0.1, -0.05) is 6.07 Å². The summed E-state index contributed by atoms with van der Waals surface area (Å²) in [7, 11) is 0. The van der Waals surface area contributed by atoms with E-state index in [2.05, 4.69) is 18.3 Å². The third kappa shape index (κ3) is 3.44. The maximum atomic E-state index is 12.2. The molecule has 1 amide bonds. The van der Waals surface area contributed by atoms with Crippen LogP contribution in [0.1, 0.15) is 30.5 Å². The van der Waals surface area contributed by atoms with E-state index in [9.17, 15) is 4.79 Å². The van der Waals surface area contributed by atoms with E-state index in [1.54, 1.807) is 0 Å². The van der Waals surface area contributed by atoms with Crippen LogP contribution < -0.4 is 15.8 Å². The zero-order valence-electron chi connectivity index (χ0n) is 12.4. The molecule has 1 aliphatic heterocycles. The van der Waals surface area contributed by atoms with Gasteiger partial charge in [-0.25, -0.2) is 0 Å². The molecule has 1 heterocycles. The van der Waals surface area contributed by atoms with Crippen molar-refractivity contribution in [2.45, 2.75) is 45.8 Å². The summed E-state index contributed by atoms with van der Waals surface area (Å²) in [4.78, 5) is 12.2. The van der Waals surface area contributed by atoms with Gasteiger partial charge in [-0.3, -0.25) is 4.79 Å². The lowest BCUT2D eigenvalue weighted by molar-refractivity contribution is -0.128. The Bertz CT molecular complexity index is 484. The van der Waals surface area contributed by atoms with Gasteiger partial charge in [-0.05, 0) is 50.5 Å². The molecule has 112 valence electrons. The summed E-state index contributed by atoms with van der Waals surface area (Å²) in [5.41, 5.74) is 8.74. The van der Waals surface area contributed by atoms with Gasteiger partial charge in [0.2, 0.25) is 0 Å². The Balaban J connectivity index is 0.00000200. The number of fused-ring (bicyclic) bond motifs is 1. The molecule has 4 nitrogen and oxygen atoms in total. The van der Waals surface area contributed by atoms with E-state index in [0.29, 0.717) is 13.0 Å².